The summed E-state index contributed by atoms with van der Waals surface area (Å²) in [5.41, 5.74) is 0. The second-order valence-corrected chi connectivity index (χ2v) is 6.42. The first-order chi connectivity index (χ1) is 7.58. The minimum Gasteiger partial charge on any atom is -0.353 e. The molecule has 4 heteroatoms. The van der Waals surface area contributed by atoms with E-state index in [0.29, 0.717) is 6.04 Å². The molecule has 1 fully saturated rings. The summed E-state index contributed by atoms with van der Waals surface area (Å²) in [5, 5.41) is 0. The van der Waals surface area contributed by atoms with Crippen molar-refractivity contribution in [2.75, 3.05) is 11.4 Å². The molecule has 1 aliphatic rings. The summed E-state index contributed by atoms with van der Waals surface area (Å²) in [6.45, 7) is 5.57. The van der Waals surface area contributed by atoms with Crippen LogP contribution in [-0.4, -0.2) is 17.6 Å². The van der Waals surface area contributed by atoms with E-state index in [0.717, 1.165) is 27.2 Å². The lowest BCUT2D eigenvalue weighted by atomic mass is 10.2. The van der Waals surface area contributed by atoms with Gasteiger partial charge in [-0.3, -0.25) is 0 Å². The molecular weight excluding hydrogens is 332 g/mol. The molecule has 0 bridgehead atoms. The molecule has 0 aromatic carbocycles. The Morgan fingerprint density at radius 2 is 2.12 bits per heavy atom. The first-order valence-electron chi connectivity index (χ1n) is 5.65. The van der Waals surface area contributed by atoms with Gasteiger partial charge in [-0.2, -0.15) is 0 Å². The van der Waals surface area contributed by atoms with E-state index in [1.165, 1.54) is 12.8 Å². The predicted octanol–water partition coefficient (Wildman–Crippen LogP) is 4.23. The highest BCUT2D eigenvalue weighted by Crippen LogP contribution is 2.34. The number of nitrogens with zero attached hydrogens (tertiary/aromatic N) is 2. The highest BCUT2D eigenvalue weighted by atomic mass is 79.9. The van der Waals surface area contributed by atoms with Crippen molar-refractivity contribution in [3.63, 3.8) is 0 Å². The Kier molecular flexibility index (Phi) is 3.90. The fourth-order valence-electron chi connectivity index (χ4n) is 1.74. The highest BCUT2D eigenvalue weighted by Gasteiger charge is 2.27. The van der Waals surface area contributed by atoms with Gasteiger partial charge in [0.2, 0.25) is 0 Å². The van der Waals surface area contributed by atoms with Gasteiger partial charge in [-0.1, -0.05) is 0 Å². The van der Waals surface area contributed by atoms with Crippen LogP contribution < -0.4 is 4.90 Å². The molecule has 0 radical (unpaired) electrons. The van der Waals surface area contributed by atoms with Gasteiger partial charge in [-0.05, 0) is 70.5 Å². The topological polar surface area (TPSA) is 16.1 Å². The molecule has 1 aromatic heterocycles. The molecule has 0 unspecified atom stereocenters. The zero-order valence-electron chi connectivity index (χ0n) is 9.58. The van der Waals surface area contributed by atoms with E-state index in [1.54, 1.807) is 0 Å². The number of hydrogen-bond acceptors (Lipinski definition) is 2. The van der Waals surface area contributed by atoms with Crippen LogP contribution in [0.1, 0.15) is 26.7 Å². The van der Waals surface area contributed by atoms with Crippen LogP contribution >= 0.6 is 31.9 Å². The SMILES string of the molecule is CC(C)N(CC1CC1)c1ncc(Br)cc1Br. The Balaban J connectivity index is 2.22. The molecule has 2 rings (SSSR count). The third-order valence-electron chi connectivity index (χ3n) is 2.84. The maximum Gasteiger partial charge on any atom is 0.143 e. The van der Waals surface area contributed by atoms with Crippen molar-refractivity contribution in [2.45, 2.75) is 32.7 Å². The average molecular weight is 348 g/mol. The molecule has 1 aromatic rings. The largest absolute Gasteiger partial charge is 0.353 e. The molecule has 1 aliphatic carbocycles. The molecule has 88 valence electrons. The minimum atomic E-state index is 0.491. The third-order valence-corrected chi connectivity index (χ3v) is 3.85. The predicted molar refractivity (Wildman–Crippen MR) is 74.8 cm³/mol. The number of anilines is 1. The van der Waals surface area contributed by atoms with E-state index in [1.807, 2.05) is 6.20 Å². The lowest BCUT2D eigenvalue weighted by Crippen LogP contribution is -2.33. The fraction of sp³-hybridized carbons (Fsp3) is 0.583. The number of hydrogen-bond donors (Lipinski definition) is 0. The first kappa shape index (κ1) is 12.4. The summed E-state index contributed by atoms with van der Waals surface area (Å²) in [4.78, 5) is 6.90. The van der Waals surface area contributed by atoms with Crippen molar-refractivity contribution in [3.8, 4) is 0 Å². The van der Waals surface area contributed by atoms with Crippen LogP contribution in [0.2, 0.25) is 0 Å². The quantitative estimate of drug-likeness (QED) is 0.810. The molecule has 0 saturated heterocycles. The van der Waals surface area contributed by atoms with Crippen molar-refractivity contribution in [1.82, 2.24) is 4.98 Å². The summed E-state index contributed by atoms with van der Waals surface area (Å²) in [7, 11) is 0. The second kappa shape index (κ2) is 5.05. The summed E-state index contributed by atoms with van der Waals surface area (Å²) < 4.78 is 2.08. The summed E-state index contributed by atoms with van der Waals surface area (Å²) in [6.07, 6.45) is 4.61. The number of pyridine rings is 1. The van der Waals surface area contributed by atoms with Crippen LogP contribution in [0.25, 0.3) is 0 Å². The zero-order chi connectivity index (χ0) is 11.7. The lowest BCUT2D eigenvalue weighted by Gasteiger charge is -2.28. The Hall–Kier alpha value is -0.0900. The van der Waals surface area contributed by atoms with Gasteiger partial charge < -0.3 is 4.90 Å². The number of halogens is 2. The van der Waals surface area contributed by atoms with Crippen molar-refractivity contribution < 1.29 is 0 Å². The van der Waals surface area contributed by atoms with Gasteiger partial charge in [-0.15, -0.1) is 0 Å². The van der Waals surface area contributed by atoms with E-state index >= 15 is 0 Å². The Bertz CT molecular complexity index is 375. The van der Waals surface area contributed by atoms with Gasteiger partial charge in [0.1, 0.15) is 5.82 Å². The zero-order valence-corrected chi connectivity index (χ0v) is 12.8. The second-order valence-electron chi connectivity index (χ2n) is 4.65. The van der Waals surface area contributed by atoms with E-state index in [2.05, 4.69) is 61.7 Å². The maximum atomic E-state index is 4.51. The summed E-state index contributed by atoms with van der Waals surface area (Å²) in [5.74, 6) is 1.94. The van der Waals surface area contributed by atoms with Crippen LogP contribution in [0, 0.1) is 5.92 Å². The minimum absolute atomic E-state index is 0.491. The molecule has 0 aliphatic heterocycles. The van der Waals surface area contributed by atoms with Crippen molar-refractivity contribution in [1.29, 1.82) is 0 Å². The van der Waals surface area contributed by atoms with E-state index in [9.17, 15) is 0 Å². The Morgan fingerprint density at radius 3 is 2.62 bits per heavy atom. The summed E-state index contributed by atoms with van der Waals surface area (Å²) >= 11 is 7.03. The molecular formula is C12H16Br2N2. The summed E-state index contributed by atoms with van der Waals surface area (Å²) in [6, 6.07) is 2.55. The standard InChI is InChI=1S/C12H16Br2N2/c1-8(2)16(7-9-3-4-9)12-11(14)5-10(13)6-15-12/h5-6,8-9H,3-4,7H2,1-2H3. The molecule has 0 N–H and O–H groups in total. The van der Waals surface area contributed by atoms with Crippen LogP contribution in [0.15, 0.2) is 21.2 Å². The van der Waals surface area contributed by atoms with Gasteiger partial charge in [0.15, 0.2) is 0 Å². The van der Waals surface area contributed by atoms with Gasteiger partial charge in [-0.25, -0.2) is 4.98 Å². The number of aromatic nitrogens is 1. The fourth-order valence-corrected chi connectivity index (χ4v) is 2.95. The molecule has 1 saturated carbocycles. The van der Waals surface area contributed by atoms with E-state index in [4.69, 9.17) is 0 Å². The van der Waals surface area contributed by atoms with Crippen molar-refractivity contribution in [2.24, 2.45) is 5.92 Å². The monoisotopic (exact) mass is 346 g/mol. The van der Waals surface area contributed by atoms with Crippen LogP contribution in [0.3, 0.4) is 0 Å². The number of rotatable bonds is 4. The highest BCUT2D eigenvalue weighted by molar-refractivity contribution is 9.11. The third kappa shape index (κ3) is 2.98. The van der Waals surface area contributed by atoms with Crippen LogP contribution in [-0.2, 0) is 0 Å². The van der Waals surface area contributed by atoms with Gasteiger partial charge in [0.25, 0.3) is 0 Å². The normalized spacial score (nSPS) is 15.6. The molecule has 16 heavy (non-hydrogen) atoms. The van der Waals surface area contributed by atoms with Gasteiger partial charge in [0, 0.05) is 23.3 Å². The van der Waals surface area contributed by atoms with E-state index in [-0.39, 0.29) is 0 Å². The van der Waals surface area contributed by atoms with E-state index < -0.39 is 0 Å². The smallest absolute Gasteiger partial charge is 0.143 e. The molecule has 0 amide bonds. The van der Waals surface area contributed by atoms with Crippen LogP contribution in [0.5, 0.6) is 0 Å². The molecule has 0 atom stereocenters. The first-order valence-corrected chi connectivity index (χ1v) is 7.24. The molecule has 0 spiro atoms. The van der Waals surface area contributed by atoms with Gasteiger partial charge in [0.05, 0.1) is 4.47 Å². The van der Waals surface area contributed by atoms with Crippen molar-refractivity contribution in [3.05, 3.63) is 21.2 Å². The van der Waals surface area contributed by atoms with Crippen molar-refractivity contribution >= 4 is 37.7 Å². The molecule has 1 heterocycles. The van der Waals surface area contributed by atoms with Crippen LogP contribution in [0.4, 0.5) is 5.82 Å². The maximum absolute atomic E-state index is 4.51. The Morgan fingerprint density at radius 1 is 1.44 bits per heavy atom. The Labute approximate surface area is 114 Å². The van der Waals surface area contributed by atoms with Gasteiger partial charge >= 0.3 is 0 Å². The molecule has 2 nitrogen and oxygen atoms in total. The lowest BCUT2D eigenvalue weighted by molar-refractivity contribution is 0.635. The average Bonchev–Trinajstić information content (AvgIpc) is 2.98.